The molecule has 4 aromatic rings. The van der Waals surface area contributed by atoms with Crippen LogP contribution in [0.25, 0.3) is 11.0 Å². The first-order chi connectivity index (χ1) is 24.9. The molecule has 1 saturated carbocycles. The Kier molecular flexibility index (Phi) is 8.91. The van der Waals surface area contributed by atoms with Crippen molar-refractivity contribution in [3.8, 4) is 0 Å². The molecule has 2 saturated heterocycles. The number of rotatable bonds is 7. The maximum atomic E-state index is 6.06. The summed E-state index contributed by atoms with van der Waals surface area (Å²) in [6.45, 7) is 9.35. The number of hydrogen-bond donors (Lipinski definition) is 2. The van der Waals surface area contributed by atoms with E-state index in [9.17, 15) is 0 Å². The number of nitrogens with two attached hydrogens (primary N) is 1. The standard InChI is InChI=1S/C44H54N6S/c1-30(2)36-8-3-4-9-37(36)39-11-7-23-49(39)34-28-44(29-34)19-24-48(25-20-44)33-14-17-42(51-35-15-12-32(45)13-16-35)41(27-33)50-22-6-5-10-38-40(50)26-31-18-21-46-43(31)47-38/h8-9,12-18,21,26-27,30,34,39H,3-7,10-11,19-20,22-25,28-29,45H2,1-2H3,(H,46,47)/t39-/m0/s1. The van der Waals surface area contributed by atoms with Gasteiger partial charge >= 0.3 is 0 Å². The third kappa shape index (κ3) is 6.39. The van der Waals surface area contributed by atoms with Gasteiger partial charge < -0.3 is 20.5 Å². The summed E-state index contributed by atoms with van der Waals surface area (Å²) in [4.78, 5) is 19.1. The fourth-order valence-electron chi connectivity index (χ4n) is 10.0. The highest BCUT2D eigenvalue weighted by Gasteiger charge is 2.50. The molecule has 3 fully saturated rings. The van der Waals surface area contributed by atoms with E-state index in [4.69, 9.17) is 10.7 Å². The van der Waals surface area contributed by atoms with E-state index in [1.807, 2.05) is 30.1 Å². The number of anilines is 4. The van der Waals surface area contributed by atoms with Crippen LogP contribution >= 0.6 is 11.8 Å². The average Bonchev–Trinajstić information content (AvgIpc) is 3.76. The van der Waals surface area contributed by atoms with Crippen molar-refractivity contribution in [3.05, 3.63) is 89.8 Å². The molecule has 2 aliphatic carbocycles. The van der Waals surface area contributed by atoms with Gasteiger partial charge in [0.15, 0.2) is 0 Å². The summed E-state index contributed by atoms with van der Waals surface area (Å²) in [5.41, 5.74) is 16.8. The van der Waals surface area contributed by atoms with Crippen LogP contribution < -0.4 is 15.5 Å². The molecule has 7 heteroatoms. The maximum absolute atomic E-state index is 6.06. The van der Waals surface area contributed by atoms with Crippen LogP contribution in [0.4, 0.5) is 22.7 Å². The molecular weight excluding hydrogens is 645 g/mol. The van der Waals surface area contributed by atoms with Gasteiger partial charge in [-0.25, -0.2) is 4.98 Å². The molecule has 1 spiro atoms. The Balaban J connectivity index is 0.943. The number of fused-ring (bicyclic) bond motifs is 2. The lowest BCUT2D eigenvalue weighted by Gasteiger charge is -2.56. The first-order valence-corrected chi connectivity index (χ1v) is 20.6. The van der Waals surface area contributed by atoms with Crippen LogP contribution in [0.1, 0.15) is 83.7 Å². The smallest absolute Gasteiger partial charge is 0.137 e. The molecule has 9 rings (SSSR count). The number of aryl methyl sites for hydroxylation is 1. The van der Waals surface area contributed by atoms with E-state index < -0.39 is 0 Å². The molecule has 0 bridgehead atoms. The maximum Gasteiger partial charge on any atom is 0.137 e. The summed E-state index contributed by atoms with van der Waals surface area (Å²) in [5.74, 6) is 0.628. The Morgan fingerprint density at radius 2 is 1.71 bits per heavy atom. The zero-order chi connectivity index (χ0) is 34.5. The van der Waals surface area contributed by atoms with E-state index in [0.717, 1.165) is 56.3 Å². The SMILES string of the molecule is CC(C)C1=CCCC=C1[C@@H]1CCCN1C1CC2(CCN(c3ccc(Sc4ccc(N)cc4)c(N4CCCCc5nc6[nH]ccc6cc54)c3)CC2)C1. The van der Waals surface area contributed by atoms with Gasteiger partial charge in [0.2, 0.25) is 0 Å². The first kappa shape index (κ1) is 33.2. The number of nitrogens with zero attached hydrogens (tertiary/aromatic N) is 4. The number of aromatic amines is 1. The second-order valence-electron chi connectivity index (χ2n) is 16.3. The van der Waals surface area contributed by atoms with Crippen LogP contribution in [0.3, 0.4) is 0 Å². The Hall–Kier alpha value is -3.68. The topological polar surface area (TPSA) is 64.4 Å². The van der Waals surface area contributed by atoms with E-state index in [2.05, 4.69) is 88.1 Å². The normalized spacial score (nSPS) is 22.6. The van der Waals surface area contributed by atoms with Crippen LogP contribution in [0.5, 0.6) is 0 Å². The molecule has 0 amide bonds. The summed E-state index contributed by atoms with van der Waals surface area (Å²) < 4.78 is 0. The quantitative estimate of drug-likeness (QED) is 0.187. The first-order valence-electron chi connectivity index (χ1n) is 19.8. The molecule has 5 aliphatic rings. The van der Waals surface area contributed by atoms with Gasteiger partial charge in [-0.3, -0.25) is 4.90 Å². The van der Waals surface area contributed by atoms with E-state index in [-0.39, 0.29) is 0 Å². The summed E-state index contributed by atoms with van der Waals surface area (Å²) in [6, 6.07) is 21.5. The molecule has 3 N–H and O–H groups in total. The molecule has 51 heavy (non-hydrogen) atoms. The highest BCUT2D eigenvalue weighted by molar-refractivity contribution is 7.99. The van der Waals surface area contributed by atoms with Gasteiger partial charge in [-0.15, -0.1) is 0 Å². The average molecular weight is 699 g/mol. The van der Waals surface area contributed by atoms with Gasteiger partial charge in [-0.05, 0) is 154 Å². The van der Waals surface area contributed by atoms with Gasteiger partial charge in [0.05, 0.1) is 17.1 Å². The Bertz CT molecular complexity index is 1940. The van der Waals surface area contributed by atoms with Crippen molar-refractivity contribution in [1.29, 1.82) is 0 Å². The van der Waals surface area contributed by atoms with Gasteiger partial charge in [-0.2, -0.15) is 0 Å². The van der Waals surface area contributed by atoms with E-state index in [1.54, 1.807) is 11.1 Å². The number of nitrogens with one attached hydrogen (secondary N) is 1. The molecule has 0 radical (unpaired) electrons. The number of likely N-dealkylation sites (tertiary alicyclic amines) is 1. The predicted octanol–water partition coefficient (Wildman–Crippen LogP) is 10.3. The fraction of sp³-hybridized carbons (Fsp3) is 0.477. The van der Waals surface area contributed by atoms with Crippen LogP contribution in [0.15, 0.2) is 93.9 Å². The number of aromatic nitrogens is 2. The van der Waals surface area contributed by atoms with Crippen molar-refractivity contribution in [3.63, 3.8) is 0 Å². The third-order valence-electron chi connectivity index (χ3n) is 12.8. The molecule has 3 aliphatic heterocycles. The second-order valence-corrected chi connectivity index (χ2v) is 17.4. The Morgan fingerprint density at radius 3 is 2.53 bits per heavy atom. The van der Waals surface area contributed by atoms with Crippen LogP contribution in [-0.2, 0) is 6.42 Å². The van der Waals surface area contributed by atoms with Crippen LogP contribution in [0, 0.1) is 11.3 Å². The molecule has 2 aromatic heterocycles. The minimum Gasteiger partial charge on any atom is -0.399 e. The Labute approximate surface area is 308 Å². The summed E-state index contributed by atoms with van der Waals surface area (Å²) in [6.07, 6.45) is 21.0. The number of allylic oxidation sites excluding steroid dienone is 2. The van der Waals surface area contributed by atoms with Crippen molar-refractivity contribution in [2.75, 3.05) is 41.7 Å². The largest absolute Gasteiger partial charge is 0.399 e. The lowest BCUT2D eigenvalue weighted by Crippen LogP contribution is -2.56. The van der Waals surface area contributed by atoms with E-state index in [0.29, 0.717) is 17.4 Å². The predicted molar refractivity (Wildman–Crippen MR) is 214 cm³/mol. The number of pyridine rings is 1. The van der Waals surface area contributed by atoms with Crippen molar-refractivity contribution in [2.24, 2.45) is 11.3 Å². The lowest BCUT2D eigenvalue weighted by atomic mass is 9.59. The monoisotopic (exact) mass is 698 g/mol. The summed E-state index contributed by atoms with van der Waals surface area (Å²) in [7, 11) is 0. The Morgan fingerprint density at radius 1 is 0.882 bits per heavy atom. The molecule has 2 aromatic carbocycles. The van der Waals surface area contributed by atoms with Crippen molar-refractivity contribution < 1.29 is 0 Å². The van der Waals surface area contributed by atoms with E-state index in [1.165, 1.54) is 95.8 Å². The molecular formula is C44H54N6S. The minimum absolute atomic E-state index is 0.525. The zero-order valence-electron chi connectivity index (χ0n) is 30.5. The van der Waals surface area contributed by atoms with Crippen molar-refractivity contribution >= 4 is 45.5 Å². The molecule has 5 heterocycles. The van der Waals surface area contributed by atoms with Gasteiger partial charge in [-0.1, -0.05) is 37.8 Å². The number of hydrogen-bond acceptors (Lipinski definition) is 6. The molecule has 6 nitrogen and oxygen atoms in total. The number of piperidine rings is 1. The lowest BCUT2D eigenvalue weighted by molar-refractivity contribution is -0.0170. The molecule has 266 valence electrons. The van der Waals surface area contributed by atoms with Crippen LogP contribution in [-0.4, -0.2) is 53.1 Å². The van der Waals surface area contributed by atoms with E-state index >= 15 is 0 Å². The fourth-order valence-corrected chi connectivity index (χ4v) is 11.0. The third-order valence-corrected chi connectivity index (χ3v) is 13.8. The summed E-state index contributed by atoms with van der Waals surface area (Å²) >= 11 is 1.84. The minimum atomic E-state index is 0.525. The zero-order valence-corrected chi connectivity index (χ0v) is 31.4. The number of benzene rings is 2. The number of H-pyrrole nitrogens is 1. The number of nitrogen functional groups attached to an aromatic ring is 1. The van der Waals surface area contributed by atoms with Crippen LogP contribution in [0.2, 0.25) is 0 Å². The van der Waals surface area contributed by atoms with Crippen molar-refractivity contribution in [2.45, 2.75) is 106 Å². The second kappa shape index (κ2) is 13.7. The molecule has 1 atom stereocenters. The van der Waals surface area contributed by atoms with Gasteiger partial charge in [0.25, 0.3) is 0 Å². The summed E-state index contributed by atoms with van der Waals surface area (Å²) in [5, 5.41) is 1.18. The van der Waals surface area contributed by atoms with Gasteiger partial charge in [0, 0.05) is 64.5 Å². The molecule has 0 unspecified atom stereocenters. The van der Waals surface area contributed by atoms with Crippen molar-refractivity contribution in [1.82, 2.24) is 14.9 Å². The highest BCUT2D eigenvalue weighted by atomic mass is 32.2. The van der Waals surface area contributed by atoms with Gasteiger partial charge in [0.1, 0.15) is 5.65 Å². The highest BCUT2D eigenvalue weighted by Crippen LogP contribution is 2.54.